The highest BCUT2D eigenvalue weighted by Crippen LogP contribution is 2.33. The number of carbonyl (C=O) groups excluding carboxylic acids is 1. The number of benzene rings is 2. The summed E-state index contributed by atoms with van der Waals surface area (Å²) in [6.45, 7) is 12.2. The fourth-order valence-corrected chi connectivity index (χ4v) is 4.85. The molecule has 0 aliphatic rings. The average Bonchev–Trinajstić information content (AvgIpc) is 3.34. The predicted molar refractivity (Wildman–Crippen MR) is 153 cm³/mol. The zero-order valence-electron chi connectivity index (χ0n) is 23.4. The molecule has 4 aromatic rings. The Morgan fingerprint density at radius 3 is 2.42 bits per heavy atom. The minimum absolute atomic E-state index is 0.0216. The van der Waals surface area contributed by atoms with E-state index >= 15 is 0 Å². The van der Waals surface area contributed by atoms with Crippen molar-refractivity contribution in [3.05, 3.63) is 65.0 Å². The first-order chi connectivity index (χ1) is 18.3. The van der Waals surface area contributed by atoms with Crippen LogP contribution in [0.1, 0.15) is 42.8 Å². The first-order valence-electron chi connectivity index (χ1n) is 13.0. The lowest BCUT2D eigenvalue weighted by molar-refractivity contribution is -0.116. The fourth-order valence-electron chi connectivity index (χ4n) is 4.85. The van der Waals surface area contributed by atoms with Crippen molar-refractivity contribution in [1.82, 2.24) is 14.6 Å². The fraction of sp³-hybridized carbons (Fsp3) is 0.367. The number of ether oxygens (including phenoxy) is 2. The van der Waals surface area contributed by atoms with Gasteiger partial charge < -0.3 is 19.7 Å². The van der Waals surface area contributed by atoms with Gasteiger partial charge in [-0.2, -0.15) is 5.10 Å². The molecule has 0 unspecified atom stereocenters. The summed E-state index contributed by atoms with van der Waals surface area (Å²) >= 11 is 0. The van der Waals surface area contributed by atoms with E-state index in [-0.39, 0.29) is 5.91 Å². The van der Waals surface area contributed by atoms with Crippen LogP contribution in [0.5, 0.6) is 11.5 Å². The zero-order chi connectivity index (χ0) is 27.4. The standard InChI is InChI=1S/C30H37N5O3/c1-8-34(9-2)22-10-14-26(19(3)16-22)32-30(36)15-13-24-20(4)31-29-18-27(33-35(29)21(24)5)25-12-11-23(37-6)17-28(25)38-7/h10-12,14,16-18H,8-9,13,15H2,1-7H3,(H,32,36). The highest BCUT2D eigenvalue weighted by atomic mass is 16.5. The van der Waals surface area contributed by atoms with Crippen LogP contribution in [0.25, 0.3) is 16.9 Å². The summed E-state index contributed by atoms with van der Waals surface area (Å²) in [5, 5.41) is 7.90. The Bertz CT molecular complexity index is 1460. The molecule has 2 aromatic heterocycles. The number of rotatable bonds is 10. The highest BCUT2D eigenvalue weighted by molar-refractivity contribution is 5.92. The van der Waals surface area contributed by atoms with Gasteiger partial charge in [-0.05, 0) is 82.5 Å². The lowest BCUT2D eigenvalue weighted by Gasteiger charge is -2.22. The normalized spacial score (nSPS) is 11.0. The van der Waals surface area contributed by atoms with E-state index < -0.39 is 0 Å². The zero-order valence-corrected chi connectivity index (χ0v) is 23.4. The molecule has 0 atom stereocenters. The van der Waals surface area contributed by atoms with E-state index in [1.54, 1.807) is 14.2 Å². The van der Waals surface area contributed by atoms with E-state index in [0.717, 1.165) is 63.9 Å². The number of anilines is 2. The van der Waals surface area contributed by atoms with Crippen LogP contribution in [-0.4, -0.2) is 47.8 Å². The molecule has 4 rings (SSSR count). The number of methoxy groups -OCH3 is 2. The van der Waals surface area contributed by atoms with Gasteiger partial charge in [0.2, 0.25) is 5.91 Å². The van der Waals surface area contributed by atoms with Crippen molar-refractivity contribution < 1.29 is 14.3 Å². The lowest BCUT2D eigenvalue weighted by Crippen LogP contribution is -2.22. The molecule has 200 valence electrons. The Morgan fingerprint density at radius 1 is 1.00 bits per heavy atom. The van der Waals surface area contributed by atoms with Crippen molar-refractivity contribution in [2.24, 2.45) is 0 Å². The van der Waals surface area contributed by atoms with Crippen molar-refractivity contribution >= 4 is 22.9 Å². The van der Waals surface area contributed by atoms with Crippen molar-refractivity contribution in [2.45, 2.75) is 47.5 Å². The molecule has 1 N–H and O–H groups in total. The second kappa shape index (κ2) is 11.5. The summed E-state index contributed by atoms with van der Waals surface area (Å²) < 4.78 is 12.7. The SMILES string of the molecule is CCN(CC)c1ccc(NC(=O)CCc2c(C)nc3cc(-c4ccc(OC)cc4OC)nn3c2C)c(C)c1. The maximum atomic E-state index is 12.9. The summed E-state index contributed by atoms with van der Waals surface area (Å²) in [6.07, 6.45) is 0.927. The molecule has 8 nitrogen and oxygen atoms in total. The van der Waals surface area contributed by atoms with Crippen molar-refractivity contribution in [2.75, 3.05) is 37.5 Å². The third-order valence-corrected chi connectivity index (χ3v) is 7.06. The molecule has 0 radical (unpaired) electrons. The van der Waals surface area contributed by atoms with Crippen molar-refractivity contribution in [3.8, 4) is 22.8 Å². The van der Waals surface area contributed by atoms with Crippen molar-refractivity contribution in [3.63, 3.8) is 0 Å². The topological polar surface area (TPSA) is 81.0 Å². The van der Waals surface area contributed by atoms with Crippen LogP contribution in [0, 0.1) is 20.8 Å². The number of nitrogens with zero attached hydrogens (tertiary/aromatic N) is 4. The molecular formula is C30H37N5O3. The molecule has 0 fully saturated rings. The molecule has 0 aliphatic carbocycles. The average molecular weight is 516 g/mol. The smallest absolute Gasteiger partial charge is 0.224 e. The van der Waals surface area contributed by atoms with Gasteiger partial charge in [-0.15, -0.1) is 0 Å². The molecule has 8 heteroatoms. The molecule has 2 heterocycles. The molecule has 0 bridgehead atoms. The monoisotopic (exact) mass is 515 g/mol. The highest BCUT2D eigenvalue weighted by Gasteiger charge is 2.17. The minimum atomic E-state index is -0.0216. The second-order valence-electron chi connectivity index (χ2n) is 9.35. The van der Waals surface area contributed by atoms with Crippen LogP contribution in [0.3, 0.4) is 0 Å². The van der Waals surface area contributed by atoms with Gasteiger partial charge in [0.15, 0.2) is 5.65 Å². The molecule has 2 aromatic carbocycles. The summed E-state index contributed by atoms with van der Waals surface area (Å²) in [5.74, 6) is 1.38. The van der Waals surface area contributed by atoms with E-state index in [2.05, 4.69) is 36.2 Å². The summed E-state index contributed by atoms with van der Waals surface area (Å²) in [4.78, 5) is 20.0. The number of fused-ring (bicyclic) bond motifs is 1. The van der Waals surface area contributed by atoms with Gasteiger partial charge >= 0.3 is 0 Å². The third kappa shape index (κ3) is 5.44. The molecule has 38 heavy (non-hydrogen) atoms. The van der Waals surface area contributed by atoms with E-state index in [9.17, 15) is 4.79 Å². The summed E-state index contributed by atoms with van der Waals surface area (Å²) in [7, 11) is 3.26. The lowest BCUT2D eigenvalue weighted by atomic mass is 10.1. The number of hydrogen-bond acceptors (Lipinski definition) is 6. The number of hydrogen-bond donors (Lipinski definition) is 1. The molecule has 0 spiro atoms. The maximum Gasteiger partial charge on any atom is 0.224 e. The van der Waals surface area contributed by atoms with Crippen LogP contribution >= 0.6 is 0 Å². The maximum absolute atomic E-state index is 12.9. The van der Waals surface area contributed by atoms with Crippen LogP contribution in [0.15, 0.2) is 42.5 Å². The first kappa shape index (κ1) is 27.0. The van der Waals surface area contributed by atoms with Gasteiger partial charge in [-0.3, -0.25) is 4.79 Å². The molecule has 0 saturated carbocycles. The van der Waals surface area contributed by atoms with Crippen LogP contribution in [-0.2, 0) is 11.2 Å². The Hall–Kier alpha value is -4.07. The third-order valence-electron chi connectivity index (χ3n) is 7.06. The van der Waals surface area contributed by atoms with Crippen LogP contribution < -0.4 is 19.7 Å². The number of aryl methyl sites for hydroxylation is 3. The summed E-state index contributed by atoms with van der Waals surface area (Å²) in [5.41, 5.74) is 8.34. The van der Waals surface area contributed by atoms with Gasteiger partial charge in [0, 0.05) is 60.0 Å². The molecular weight excluding hydrogens is 478 g/mol. The molecule has 0 saturated heterocycles. The minimum Gasteiger partial charge on any atom is -0.497 e. The van der Waals surface area contributed by atoms with Gasteiger partial charge in [0.25, 0.3) is 0 Å². The van der Waals surface area contributed by atoms with E-state index in [0.29, 0.717) is 18.6 Å². The van der Waals surface area contributed by atoms with E-state index in [1.165, 1.54) is 5.69 Å². The summed E-state index contributed by atoms with van der Waals surface area (Å²) in [6, 6.07) is 13.8. The van der Waals surface area contributed by atoms with Gasteiger partial charge in [-0.25, -0.2) is 9.50 Å². The largest absolute Gasteiger partial charge is 0.497 e. The quantitative estimate of drug-likeness (QED) is 0.289. The van der Waals surface area contributed by atoms with Crippen LogP contribution in [0.2, 0.25) is 0 Å². The Balaban J connectivity index is 1.52. The number of nitrogens with one attached hydrogen (secondary N) is 1. The second-order valence-corrected chi connectivity index (χ2v) is 9.35. The van der Waals surface area contributed by atoms with E-state index in [1.807, 2.05) is 55.6 Å². The molecule has 0 aliphatic heterocycles. The Morgan fingerprint density at radius 2 is 1.76 bits per heavy atom. The van der Waals surface area contributed by atoms with Gasteiger partial charge in [0.1, 0.15) is 11.5 Å². The van der Waals surface area contributed by atoms with E-state index in [4.69, 9.17) is 19.6 Å². The first-order valence-corrected chi connectivity index (χ1v) is 13.0. The van der Waals surface area contributed by atoms with Gasteiger partial charge in [0.05, 0.1) is 19.9 Å². The van der Waals surface area contributed by atoms with Crippen molar-refractivity contribution in [1.29, 1.82) is 0 Å². The van der Waals surface area contributed by atoms with Gasteiger partial charge in [-0.1, -0.05) is 0 Å². The predicted octanol–water partition coefficient (Wildman–Crippen LogP) is 5.76. The number of carbonyl (C=O) groups is 1. The molecule has 1 amide bonds. The number of amides is 1. The Kier molecular flexibility index (Phi) is 8.20. The van der Waals surface area contributed by atoms with Crippen LogP contribution in [0.4, 0.5) is 11.4 Å². The Labute approximate surface area is 224 Å². The number of aromatic nitrogens is 3.